The molecular weight excluding hydrogens is 218 g/mol. The van der Waals surface area contributed by atoms with Crippen LogP contribution in [0.4, 0.5) is 5.95 Å². The molecule has 1 N–H and O–H groups in total. The van der Waals surface area contributed by atoms with Crippen LogP contribution in [0.5, 0.6) is 0 Å². The lowest BCUT2D eigenvalue weighted by molar-refractivity contribution is 0.949. The summed E-state index contributed by atoms with van der Waals surface area (Å²) in [6.07, 6.45) is 4.73. The van der Waals surface area contributed by atoms with Crippen molar-refractivity contribution in [3.05, 3.63) is 18.0 Å². The second-order valence-corrected chi connectivity index (χ2v) is 3.04. The number of rotatable bonds is 4. The molecule has 0 spiro atoms. The van der Waals surface area contributed by atoms with E-state index in [-0.39, 0.29) is 0 Å². The van der Waals surface area contributed by atoms with Crippen molar-refractivity contribution < 1.29 is 0 Å². The Morgan fingerprint density at radius 2 is 2.08 bits per heavy atom. The van der Waals surface area contributed by atoms with Crippen molar-refractivity contribution in [1.82, 2.24) is 9.97 Å². The molecule has 0 saturated carbocycles. The van der Waals surface area contributed by atoms with Crippen LogP contribution in [-0.4, -0.2) is 16.5 Å². The summed E-state index contributed by atoms with van der Waals surface area (Å²) < 4.78 is 0. The number of alkyl halides is 1. The Morgan fingerprint density at radius 1 is 1.42 bits per heavy atom. The molecule has 1 aromatic heterocycles. The molecule has 0 aliphatic rings. The van der Waals surface area contributed by atoms with E-state index in [2.05, 4.69) is 38.1 Å². The van der Waals surface area contributed by atoms with Gasteiger partial charge in [0.2, 0.25) is 5.95 Å². The fourth-order valence-corrected chi connectivity index (χ4v) is 1.04. The van der Waals surface area contributed by atoms with Crippen molar-refractivity contribution in [2.45, 2.75) is 18.7 Å². The van der Waals surface area contributed by atoms with Gasteiger partial charge in [-0.2, -0.15) is 0 Å². The van der Waals surface area contributed by atoms with E-state index in [0.717, 1.165) is 23.9 Å². The Bertz CT molecular complexity index is 222. The molecule has 0 amide bonds. The monoisotopic (exact) mass is 229 g/mol. The highest BCUT2D eigenvalue weighted by Crippen LogP contribution is 2.03. The van der Waals surface area contributed by atoms with Gasteiger partial charge in [-0.1, -0.05) is 22.9 Å². The summed E-state index contributed by atoms with van der Waals surface area (Å²) in [6, 6.07) is 0. The maximum Gasteiger partial charge on any atom is 0.222 e. The Balaban J connectivity index is 2.53. The van der Waals surface area contributed by atoms with E-state index in [1.54, 1.807) is 0 Å². The minimum atomic E-state index is 0.710. The normalized spacial score (nSPS) is 9.83. The molecule has 0 unspecified atom stereocenters. The standard InChI is InChI=1S/C8H12BrN3/c1-2-3-10-8-11-5-7(4-9)6-12-8/h5-6H,2-4H2,1H3,(H,10,11,12). The van der Waals surface area contributed by atoms with E-state index in [1.165, 1.54) is 0 Å². The Kier molecular flexibility index (Phi) is 4.00. The van der Waals surface area contributed by atoms with Gasteiger partial charge < -0.3 is 5.32 Å². The first-order chi connectivity index (χ1) is 5.86. The van der Waals surface area contributed by atoms with Gasteiger partial charge >= 0.3 is 0 Å². The van der Waals surface area contributed by atoms with Gasteiger partial charge in [0.15, 0.2) is 0 Å². The first kappa shape index (κ1) is 9.45. The van der Waals surface area contributed by atoms with Crippen LogP contribution in [-0.2, 0) is 5.33 Å². The summed E-state index contributed by atoms with van der Waals surface area (Å²) in [6.45, 7) is 3.04. The number of hydrogen-bond acceptors (Lipinski definition) is 3. The fourth-order valence-electron chi connectivity index (χ4n) is 0.752. The molecule has 0 bridgehead atoms. The average Bonchev–Trinajstić information content (AvgIpc) is 2.15. The zero-order valence-electron chi connectivity index (χ0n) is 7.05. The number of anilines is 1. The SMILES string of the molecule is CCCNc1ncc(CBr)cn1. The van der Waals surface area contributed by atoms with Crippen LogP contribution in [0.1, 0.15) is 18.9 Å². The molecule has 1 heterocycles. The van der Waals surface area contributed by atoms with Crippen LogP contribution in [0, 0.1) is 0 Å². The topological polar surface area (TPSA) is 37.8 Å². The van der Waals surface area contributed by atoms with E-state index in [1.807, 2.05) is 12.4 Å². The van der Waals surface area contributed by atoms with Crippen LogP contribution in [0.15, 0.2) is 12.4 Å². The third kappa shape index (κ3) is 2.77. The average molecular weight is 230 g/mol. The Morgan fingerprint density at radius 3 is 2.58 bits per heavy atom. The van der Waals surface area contributed by atoms with Crippen LogP contribution >= 0.6 is 15.9 Å². The summed E-state index contributed by atoms with van der Waals surface area (Å²) in [5.41, 5.74) is 1.09. The predicted molar refractivity (Wildman–Crippen MR) is 53.4 cm³/mol. The van der Waals surface area contributed by atoms with E-state index < -0.39 is 0 Å². The zero-order valence-corrected chi connectivity index (χ0v) is 8.63. The number of hydrogen-bond donors (Lipinski definition) is 1. The number of nitrogens with zero attached hydrogens (tertiary/aromatic N) is 2. The molecule has 3 nitrogen and oxygen atoms in total. The molecule has 0 fully saturated rings. The van der Waals surface area contributed by atoms with Gasteiger partial charge in [0.25, 0.3) is 0 Å². The highest BCUT2D eigenvalue weighted by molar-refractivity contribution is 9.08. The smallest absolute Gasteiger partial charge is 0.222 e. The van der Waals surface area contributed by atoms with E-state index in [9.17, 15) is 0 Å². The third-order valence-corrected chi connectivity index (χ3v) is 2.04. The van der Waals surface area contributed by atoms with Gasteiger partial charge in [-0.25, -0.2) is 9.97 Å². The molecule has 0 atom stereocenters. The fraction of sp³-hybridized carbons (Fsp3) is 0.500. The molecule has 0 saturated heterocycles. The molecule has 0 aliphatic carbocycles. The second-order valence-electron chi connectivity index (χ2n) is 2.48. The third-order valence-electron chi connectivity index (χ3n) is 1.39. The Hall–Kier alpha value is -0.640. The highest BCUT2D eigenvalue weighted by atomic mass is 79.9. The van der Waals surface area contributed by atoms with Crippen LogP contribution in [0.25, 0.3) is 0 Å². The number of nitrogens with one attached hydrogen (secondary N) is 1. The molecule has 12 heavy (non-hydrogen) atoms. The lowest BCUT2D eigenvalue weighted by Crippen LogP contribution is -2.03. The summed E-state index contributed by atoms with van der Waals surface area (Å²) in [4.78, 5) is 8.27. The van der Waals surface area contributed by atoms with Crippen molar-refractivity contribution in [3.8, 4) is 0 Å². The van der Waals surface area contributed by atoms with E-state index in [4.69, 9.17) is 0 Å². The summed E-state index contributed by atoms with van der Waals surface area (Å²) in [7, 11) is 0. The van der Waals surface area contributed by atoms with Crippen LogP contribution in [0.2, 0.25) is 0 Å². The zero-order chi connectivity index (χ0) is 8.81. The molecule has 0 aliphatic heterocycles. The summed E-state index contributed by atoms with van der Waals surface area (Å²) in [5, 5.41) is 3.91. The van der Waals surface area contributed by atoms with Crippen molar-refractivity contribution in [1.29, 1.82) is 0 Å². The second kappa shape index (κ2) is 5.09. The molecule has 1 rings (SSSR count). The van der Waals surface area contributed by atoms with Crippen LogP contribution in [0.3, 0.4) is 0 Å². The first-order valence-corrected chi connectivity index (χ1v) is 5.09. The lowest BCUT2D eigenvalue weighted by atomic mass is 10.4. The van der Waals surface area contributed by atoms with Crippen molar-refractivity contribution in [2.24, 2.45) is 0 Å². The molecule has 0 aromatic carbocycles. The highest BCUT2D eigenvalue weighted by Gasteiger charge is 1.93. The molecule has 4 heteroatoms. The first-order valence-electron chi connectivity index (χ1n) is 3.97. The maximum absolute atomic E-state index is 4.13. The molecular formula is C8H12BrN3. The van der Waals surface area contributed by atoms with Crippen molar-refractivity contribution >= 4 is 21.9 Å². The minimum Gasteiger partial charge on any atom is -0.354 e. The minimum absolute atomic E-state index is 0.710. The van der Waals surface area contributed by atoms with Gasteiger partial charge in [0.1, 0.15) is 0 Å². The van der Waals surface area contributed by atoms with E-state index in [0.29, 0.717) is 5.95 Å². The largest absolute Gasteiger partial charge is 0.354 e. The summed E-state index contributed by atoms with van der Waals surface area (Å²) >= 11 is 3.33. The quantitative estimate of drug-likeness (QED) is 0.805. The number of aromatic nitrogens is 2. The van der Waals surface area contributed by atoms with Gasteiger partial charge in [-0.15, -0.1) is 0 Å². The molecule has 1 aromatic rings. The van der Waals surface area contributed by atoms with E-state index >= 15 is 0 Å². The summed E-state index contributed by atoms with van der Waals surface area (Å²) in [5.74, 6) is 0.710. The predicted octanol–water partition coefficient (Wildman–Crippen LogP) is 2.19. The van der Waals surface area contributed by atoms with Crippen LogP contribution < -0.4 is 5.32 Å². The molecule has 66 valence electrons. The number of halogens is 1. The van der Waals surface area contributed by atoms with Crippen molar-refractivity contribution in [3.63, 3.8) is 0 Å². The van der Waals surface area contributed by atoms with Crippen molar-refractivity contribution in [2.75, 3.05) is 11.9 Å². The van der Waals surface area contributed by atoms with Gasteiger partial charge in [0, 0.05) is 24.3 Å². The van der Waals surface area contributed by atoms with Gasteiger partial charge in [-0.3, -0.25) is 0 Å². The Labute approximate surface area is 80.7 Å². The van der Waals surface area contributed by atoms with Gasteiger partial charge in [0.05, 0.1) is 0 Å². The molecule has 0 radical (unpaired) electrons. The maximum atomic E-state index is 4.13. The van der Waals surface area contributed by atoms with Gasteiger partial charge in [-0.05, 0) is 12.0 Å². The lowest BCUT2D eigenvalue weighted by Gasteiger charge is -2.01.